The molecule has 6 heteroatoms. The third-order valence-corrected chi connectivity index (χ3v) is 7.41. The molecule has 7 rings (SSSR count). The number of fused-ring (bicyclic) bond motifs is 4. The Morgan fingerprint density at radius 2 is 1.55 bits per heavy atom. The van der Waals surface area contributed by atoms with Gasteiger partial charge in [0.1, 0.15) is 5.82 Å². The number of anilines is 3. The molecule has 0 aliphatic carbocycles. The predicted octanol–water partition coefficient (Wildman–Crippen LogP) is 8.20. The first-order valence-corrected chi connectivity index (χ1v) is 13.0. The summed E-state index contributed by atoms with van der Waals surface area (Å²) in [5.74, 6) is 2.12. The van der Waals surface area contributed by atoms with Gasteiger partial charge in [-0.2, -0.15) is 18.3 Å². The number of rotatable bonds is 4. The van der Waals surface area contributed by atoms with Crippen LogP contribution in [0, 0.1) is 39.6 Å². The number of ether oxygens (including phenoxy) is 1. The van der Waals surface area contributed by atoms with E-state index in [1.165, 1.54) is 16.8 Å². The van der Waals surface area contributed by atoms with Crippen molar-refractivity contribution in [3.05, 3.63) is 121 Å². The summed E-state index contributed by atoms with van der Waals surface area (Å²) >= 11 is 0. The number of benzene rings is 4. The molecule has 1 aliphatic heterocycles. The van der Waals surface area contributed by atoms with Gasteiger partial charge < -0.3 is 19.1 Å². The molecular formula is C34H27N4OPt-3. The number of nitrogens with zero attached hydrogens (tertiary/aromatic N) is 4. The average molecular weight is 703 g/mol. The molecule has 3 heterocycles. The minimum Gasteiger partial charge on any atom is -0.509 e. The zero-order valence-electron chi connectivity index (χ0n) is 22.7. The van der Waals surface area contributed by atoms with Crippen molar-refractivity contribution in [2.24, 2.45) is 0 Å². The van der Waals surface area contributed by atoms with Crippen molar-refractivity contribution in [3.8, 4) is 17.3 Å². The van der Waals surface area contributed by atoms with Crippen LogP contribution in [0.15, 0.2) is 85.1 Å². The molecule has 0 amide bonds. The number of aromatic nitrogens is 2. The molecule has 40 heavy (non-hydrogen) atoms. The Morgan fingerprint density at radius 1 is 0.775 bits per heavy atom. The van der Waals surface area contributed by atoms with Crippen LogP contribution in [0.1, 0.15) is 16.7 Å². The van der Waals surface area contributed by atoms with Crippen molar-refractivity contribution in [1.29, 1.82) is 0 Å². The van der Waals surface area contributed by atoms with E-state index in [1.807, 2.05) is 36.5 Å². The van der Waals surface area contributed by atoms with Crippen LogP contribution in [0.3, 0.4) is 0 Å². The van der Waals surface area contributed by atoms with E-state index < -0.39 is 0 Å². The van der Waals surface area contributed by atoms with E-state index in [-0.39, 0.29) is 21.1 Å². The van der Waals surface area contributed by atoms with Crippen molar-refractivity contribution in [2.75, 3.05) is 16.8 Å². The van der Waals surface area contributed by atoms with Crippen molar-refractivity contribution in [2.45, 2.75) is 20.8 Å². The van der Waals surface area contributed by atoms with E-state index in [9.17, 15) is 0 Å². The Labute approximate surface area is 248 Å². The van der Waals surface area contributed by atoms with Crippen LogP contribution in [0.25, 0.3) is 27.6 Å². The van der Waals surface area contributed by atoms with Gasteiger partial charge in [-0.25, -0.2) is 4.98 Å². The fourth-order valence-corrected chi connectivity index (χ4v) is 5.37. The zero-order valence-corrected chi connectivity index (χ0v) is 24.9. The van der Waals surface area contributed by atoms with Crippen molar-refractivity contribution >= 4 is 38.9 Å². The molecule has 5 nitrogen and oxygen atoms in total. The van der Waals surface area contributed by atoms with Crippen LogP contribution in [0.2, 0.25) is 0 Å². The number of para-hydroxylation sites is 1. The van der Waals surface area contributed by atoms with Crippen LogP contribution in [-0.2, 0) is 21.1 Å². The predicted molar refractivity (Wildman–Crippen MR) is 158 cm³/mol. The van der Waals surface area contributed by atoms with Crippen LogP contribution in [0.5, 0.6) is 11.5 Å². The van der Waals surface area contributed by atoms with E-state index in [0.717, 1.165) is 44.6 Å². The fourth-order valence-electron chi connectivity index (χ4n) is 5.37. The zero-order chi connectivity index (χ0) is 26.7. The van der Waals surface area contributed by atoms with E-state index in [2.05, 4.69) is 115 Å². The number of pyridine rings is 1. The minimum absolute atomic E-state index is 0. The average Bonchev–Trinajstić information content (AvgIpc) is 3.43. The first-order valence-electron chi connectivity index (χ1n) is 13.0. The van der Waals surface area contributed by atoms with Crippen LogP contribution in [-0.4, -0.2) is 16.6 Å². The second kappa shape index (κ2) is 10.1. The molecule has 0 saturated heterocycles. The number of hydrogen-bond acceptors (Lipinski definition) is 4. The summed E-state index contributed by atoms with van der Waals surface area (Å²) in [4.78, 5) is 8.95. The molecule has 1 aliphatic rings. The third kappa shape index (κ3) is 4.35. The maximum absolute atomic E-state index is 6.41. The van der Waals surface area contributed by atoms with Crippen molar-refractivity contribution < 1.29 is 25.8 Å². The van der Waals surface area contributed by atoms with Gasteiger partial charge in [0, 0.05) is 55.7 Å². The Morgan fingerprint density at radius 3 is 2.35 bits per heavy atom. The molecule has 0 saturated carbocycles. The standard InChI is InChI=1S/C34H27N4O.Pt/c1-22-15-25(37-21-36(4)32-17-23(2)24(3)18-33(32)37)19-27(16-22)39-26-12-13-29-28-9-5-6-10-30(28)38(31(29)20-26)34-11-7-8-14-35-34;/h5-18,21H,1-4H3;/q-3;. The summed E-state index contributed by atoms with van der Waals surface area (Å²) in [7, 11) is 2.08. The van der Waals surface area contributed by atoms with Gasteiger partial charge in [-0.15, -0.1) is 41.4 Å². The Bertz CT molecular complexity index is 1880. The molecule has 2 aromatic heterocycles. The van der Waals surface area contributed by atoms with Crippen LogP contribution in [0.4, 0.5) is 17.1 Å². The molecule has 0 N–H and O–H groups in total. The van der Waals surface area contributed by atoms with Gasteiger partial charge in [-0.05, 0) is 67.7 Å². The summed E-state index contributed by atoms with van der Waals surface area (Å²) in [6.07, 6.45) is 1.81. The third-order valence-electron chi connectivity index (χ3n) is 7.41. The normalized spacial score (nSPS) is 12.6. The molecule has 0 atom stereocenters. The maximum atomic E-state index is 6.41. The first kappa shape index (κ1) is 26.2. The second-order valence-electron chi connectivity index (χ2n) is 10.2. The second-order valence-corrected chi connectivity index (χ2v) is 10.2. The van der Waals surface area contributed by atoms with E-state index in [1.54, 1.807) is 0 Å². The smallest absolute Gasteiger partial charge is 0.135 e. The Hall–Kier alpha value is -4.08. The minimum atomic E-state index is 0. The van der Waals surface area contributed by atoms with Gasteiger partial charge in [0.15, 0.2) is 0 Å². The molecular weight excluding hydrogens is 675 g/mol. The molecule has 0 bridgehead atoms. The van der Waals surface area contributed by atoms with Gasteiger partial charge >= 0.3 is 0 Å². The topological polar surface area (TPSA) is 33.5 Å². The summed E-state index contributed by atoms with van der Waals surface area (Å²) in [5, 5.41) is 2.26. The van der Waals surface area contributed by atoms with Gasteiger partial charge in [0.05, 0.1) is 0 Å². The molecule has 0 unspecified atom stereocenters. The largest absolute Gasteiger partial charge is 0.509 e. The summed E-state index contributed by atoms with van der Waals surface area (Å²) < 4.78 is 8.55. The van der Waals surface area contributed by atoms with Gasteiger partial charge in [0.25, 0.3) is 0 Å². The molecule has 6 aromatic rings. The molecule has 0 radical (unpaired) electrons. The first-order chi connectivity index (χ1) is 19.0. The van der Waals surface area contributed by atoms with Crippen molar-refractivity contribution in [1.82, 2.24) is 9.55 Å². The number of hydrogen-bond donors (Lipinski definition) is 0. The van der Waals surface area contributed by atoms with Crippen LogP contribution < -0.4 is 14.5 Å². The van der Waals surface area contributed by atoms with Gasteiger partial charge in [0.2, 0.25) is 0 Å². The quantitative estimate of drug-likeness (QED) is 0.174. The SMILES string of the molecule is Cc1cc(Oc2[c-]c3c(cc2)c2ccccc2n3-c2ccccn2)[c-]c(N2[CH-]N(C)c3cc(C)c(C)cc32)c1.[Pt]. The molecule has 0 spiro atoms. The van der Waals surface area contributed by atoms with Crippen LogP contribution >= 0.6 is 0 Å². The maximum Gasteiger partial charge on any atom is 0.135 e. The summed E-state index contributed by atoms with van der Waals surface area (Å²) in [5.41, 5.74) is 8.90. The summed E-state index contributed by atoms with van der Waals surface area (Å²) in [6, 6.07) is 34.0. The van der Waals surface area contributed by atoms with E-state index >= 15 is 0 Å². The fraction of sp³-hybridized carbons (Fsp3) is 0.118. The Kier molecular flexibility index (Phi) is 6.64. The summed E-state index contributed by atoms with van der Waals surface area (Å²) in [6.45, 7) is 8.48. The number of aryl methyl sites for hydroxylation is 3. The van der Waals surface area contributed by atoms with Crippen molar-refractivity contribution in [3.63, 3.8) is 0 Å². The molecule has 202 valence electrons. The molecule has 0 fully saturated rings. The monoisotopic (exact) mass is 702 g/mol. The molecule has 4 aromatic carbocycles. The Balaban J connectivity index is 0.00000289. The van der Waals surface area contributed by atoms with E-state index in [0.29, 0.717) is 11.5 Å². The van der Waals surface area contributed by atoms with Gasteiger partial charge in [-0.3, -0.25) is 0 Å². The van der Waals surface area contributed by atoms with Gasteiger partial charge in [-0.1, -0.05) is 36.7 Å². The van der Waals surface area contributed by atoms with E-state index in [4.69, 9.17) is 4.74 Å².